The molecule has 0 aromatic heterocycles. The number of rotatable bonds is 3. The van der Waals surface area contributed by atoms with Crippen LogP contribution in [0.2, 0.25) is 0 Å². The molecule has 1 N–H and O–H groups in total. The van der Waals surface area contributed by atoms with E-state index in [0.717, 1.165) is 5.56 Å². The van der Waals surface area contributed by atoms with Gasteiger partial charge < -0.3 is 4.74 Å². The standard InChI is InChI=1S/C14H17F2NO3S/c15-14(16)7-4-11(5-8-14)17-21(18,19)12-3-1-2-10-6-9-20-13(10)12/h1-3,11,17H,4-9H2. The van der Waals surface area contributed by atoms with E-state index in [-0.39, 0.29) is 30.6 Å². The van der Waals surface area contributed by atoms with Gasteiger partial charge in [0.25, 0.3) is 0 Å². The normalized spacial score (nSPS) is 21.8. The Morgan fingerprint density at radius 2 is 1.95 bits per heavy atom. The number of hydrogen-bond acceptors (Lipinski definition) is 3. The molecule has 1 fully saturated rings. The van der Waals surface area contributed by atoms with Crippen molar-refractivity contribution in [3.8, 4) is 5.75 Å². The molecule has 7 heteroatoms. The van der Waals surface area contributed by atoms with Crippen molar-refractivity contribution in [1.29, 1.82) is 0 Å². The van der Waals surface area contributed by atoms with Crippen LogP contribution in [0.4, 0.5) is 8.78 Å². The zero-order valence-electron chi connectivity index (χ0n) is 11.4. The second-order valence-corrected chi connectivity index (χ2v) is 7.28. The Balaban J connectivity index is 1.78. The number of sulfonamides is 1. The van der Waals surface area contributed by atoms with Gasteiger partial charge in [-0.05, 0) is 24.5 Å². The van der Waals surface area contributed by atoms with Crippen LogP contribution in [0.3, 0.4) is 0 Å². The van der Waals surface area contributed by atoms with Crippen LogP contribution in [0, 0.1) is 0 Å². The third-order valence-corrected chi connectivity index (χ3v) is 5.55. The third-order valence-electron chi connectivity index (χ3n) is 4.01. The van der Waals surface area contributed by atoms with Crippen molar-refractivity contribution in [2.45, 2.75) is 49.0 Å². The van der Waals surface area contributed by atoms with E-state index in [1.54, 1.807) is 6.07 Å². The predicted octanol–water partition coefficient (Wildman–Crippen LogP) is 2.48. The number of alkyl halides is 2. The van der Waals surface area contributed by atoms with Crippen molar-refractivity contribution < 1.29 is 21.9 Å². The highest BCUT2D eigenvalue weighted by Gasteiger charge is 2.37. The number of fused-ring (bicyclic) bond motifs is 1. The molecule has 2 aliphatic rings. The Kier molecular flexibility index (Phi) is 3.65. The molecule has 1 aromatic rings. The maximum absolute atomic E-state index is 13.1. The molecule has 1 aliphatic carbocycles. The molecular weight excluding hydrogens is 300 g/mol. The Labute approximate surface area is 122 Å². The van der Waals surface area contributed by atoms with Gasteiger partial charge in [-0.2, -0.15) is 0 Å². The van der Waals surface area contributed by atoms with Gasteiger partial charge in [0.05, 0.1) is 6.61 Å². The summed E-state index contributed by atoms with van der Waals surface area (Å²) in [7, 11) is -3.74. The van der Waals surface area contributed by atoms with Crippen molar-refractivity contribution in [3.05, 3.63) is 23.8 Å². The first-order valence-electron chi connectivity index (χ1n) is 7.02. The second kappa shape index (κ2) is 5.21. The lowest BCUT2D eigenvalue weighted by Crippen LogP contribution is -2.40. The van der Waals surface area contributed by atoms with Gasteiger partial charge in [-0.25, -0.2) is 21.9 Å². The third kappa shape index (κ3) is 3.03. The van der Waals surface area contributed by atoms with Gasteiger partial charge in [0.1, 0.15) is 10.6 Å². The lowest BCUT2D eigenvalue weighted by atomic mass is 9.93. The summed E-state index contributed by atoms with van der Waals surface area (Å²) in [6, 6.07) is 4.57. The van der Waals surface area contributed by atoms with Gasteiger partial charge in [0.2, 0.25) is 15.9 Å². The van der Waals surface area contributed by atoms with Crippen molar-refractivity contribution in [2.75, 3.05) is 6.61 Å². The molecule has 1 aliphatic heterocycles. The maximum Gasteiger partial charge on any atom is 0.248 e. The SMILES string of the molecule is O=S(=O)(NC1CCC(F)(F)CC1)c1cccc2c1OCC2. The summed E-state index contributed by atoms with van der Waals surface area (Å²) in [5, 5.41) is 0. The summed E-state index contributed by atoms with van der Waals surface area (Å²) in [6.45, 7) is 0.470. The molecular formula is C14H17F2NO3S. The van der Waals surface area contributed by atoms with Crippen LogP contribution >= 0.6 is 0 Å². The van der Waals surface area contributed by atoms with Crippen LogP contribution in [-0.2, 0) is 16.4 Å². The molecule has 0 bridgehead atoms. The zero-order chi connectivity index (χ0) is 15.1. The van der Waals surface area contributed by atoms with Crippen LogP contribution in [0.15, 0.2) is 23.1 Å². The van der Waals surface area contributed by atoms with E-state index in [1.807, 2.05) is 6.07 Å². The monoisotopic (exact) mass is 317 g/mol. The molecule has 3 rings (SSSR count). The molecule has 116 valence electrons. The highest BCUT2D eigenvalue weighted by molar-refractivity contribution is 7.89. The first kappa shape index (κ1) is 14.7. The Bertz CT molecular complexity index is 636. The predicted molar refractivity (Wildman–Crippen MR) is 73.2 cm³/mol. The Morgan fingerprint density at radius 1 is 1.24 bits per heavy atom. The van der Waals surface area contributed by atoms with Crippen LogP contribution in [0.25, 0.3) is 0 Å². The van der Waals surface area contributed by atoms with E-state index in [0.29, 0.717) is 18.8 Å². The minimum Gasteiger partial charge on any atom is -0.492 e. The second-order valence-electron chi connectivity index (χ2n) is 5.59. The minimum absolute atomic E-state index is 0.106. The average Bonchev–Trinajstić information content (AvgIpc) is 2.89. The molecule has 0 atom stereocenters. The highest BCUT2D eigenvalue weighted by Crippen LogP contribution is 2.35. The Morgan fingerprint density at radius 3 is 2.67 bits per heavy atom. The fourth-order valence-electron chi connectivity index (χ4n) is 2.84. The van der Waals surface area contributed by atoms with Gasteiger partial charge in [-0.15, -0.1) is 0 Å². The van der Waals surface area contributed by atoms with E-state index in [1.165, 1.54) is 6.07 Å². The molecule has 21 heavy (non-hydrogen) atoms. The number of benzene rings is 1. The molecule has 4 nitrogen and oxygen atoms in total. The first-order chi connectivity index (χ1) is 9.87. The molecule has 0 amide bonds. The summed E-state index contributed by atoms with van der Waals surface area (Å²) in [5.41, 5.74) is 0.869. The lowest BCUT2D eigenvalue weighted by Gasteiger charge is -2.28. The van der Waals surface area contributed by atoms with Crippen molar-refractivity contribution in [1.82, 2.24) is 4.72 Å². The molecule has 0 saturated heterocycles. The first-order valence-corrected chi connectivity index (χ1v) is 8.51. The highest BCUT2D eigenvalue weighted by atomic mass is 32.2. The molecule has 1 saturated carbocycles. The summed E-state index contributed by atoms with van der Waals surface area (Å²) in [5.74, 6) is -2.27. The summed E-state index contributed by atoms with van der Waals surface area (Å²) >= 11 is 0. The molecule has 0 spiro atoms. The van der Waals surface area contributed by atoms with Crippen molar-refractivity contribution >= 4 is 10.0 Å². The average molecular weight is 317 g/mol. The van der Waals surface area contributed by atoms with E-state index in [9.17, 15) is 17.2 Å². The number of hydrogen-bond donors (Lipinski definition) is 1. The van der Waals surface area contributed by atoms with E-state index < -0.39 is 22.0 Å². The summed E-state index contributed by atoms with van der Waals surface area (Å²) < 4.78 is 59.1. The fraction of sp³-hybridized carbons (Fsp3) is 0.571. The lowest BCUT2D eigenvalue weighted by molar-refractivity contribution is -0.0387. The summed E-state index contributed by atoms with van der Waals surface area (Å²) in [4.78, 5) is 0.106. The zero-order valence-corrected chi connectivity index (χ0v) is 12.3. The van der Waals surface area contributed by atoms with Crippen LogP contribution in [0.5, 0.6) is 5.75 Å². The van der Waals surface area contributed by atoms with E-state index >= 15 is 0 Å². The van der Waals surface area contributed by atoms with E-state index in [4.69, 9.17) is 4.74 Å². The van der Waals surface area contributed by atoms with Crippen LogP contribution < -0.4 is 9.46 Å². The molecule has 1 aromatic carbocycles. The Hall–Kier alpha value is -1.21. The number of ether oxygens (including phenoxy) is 1. The smallest absolute Gasteiger partial charge is 0.248 e. The topological polar surface area (TPSA) is 55.4 Å². The van der Waals surface area contributed by atoms with Gasteiger partial charge >= 0.3 is 0 Å². The largest absolute Gasteiger partial charge is 0.492 e. The number of nitrogens with one attached hydrogen (secondary N) is 1. The number of para-hydroxylation sites is 1. The molecule has 1 heterocycles. The number of halogens is 2. The van der Waals surface area contributed by atoms with Crippen molar-refractivity contribution in [2.24, 2.45) is 0 Å². The van der Waals surface area contributed by atoms with Gasteiger partial charge in [-0.3, -0.25) is 0 Å². The maximum atomic E-state index is 13.1. The minimum atomic E-state index is -3.74. The van der Waals surface area contributed by atoms with Gasteiger partial charge in [-0.1, -0.05) is 12.1 Å². The molecule has 0 radical (unpaired) electrons. The van der Waals surface area contributed by atoms with E-state index in [2.05, 4.69) is 4.72 Å². The van der Waals surface area contributed by atoms with Gasteiger partial charge in [0, 0.05) is 25.3 Å². The summed E-state index contributed by atoms with van der Waals surface area (Å²) in [6.07, 6.45) is 0.450. The van der Waals surface area contributed by atoms with Gasteiger partial charge in [0.15, 0.2) is 0 Å². The van der Waals surface area contributed by atoms with Crippen molar-refractivity contribution in [3.63, 3.8) is 0 Å². The molecule has 0 unspecified atom stereocenters. The van der Waals surface area contributed by atoms with Crippen LogP contribution in [0.1, 0.15) is 31.2 Å². The van der Waals surface area contributed by atoms with Crippen LogP contribution in [-0.4, -0.2) is 27.0 Å². The quantitative estimate of drug-likeness (QED) is 0.932. The fourth-order valence-corrected chi connectivity index (χ4v) is 4.33.